The predicted octanol–water partition coefficient (Wildman–Crippen LogP) is 2.95. The summed E-state index contributed by atoms with van der Waals surface area (Å²) in [5.41, 5.74) is 0.638. The summed E-state index contributed by atoms with van der Waals surface area (Å²) >= 11 is 0. The van der Waals surface area contributed by atoms with Crippen LogP contribution in [-0.4, -0.2) is 22.9 Å². The van der Waals surface area contributed by atoms with Crippen LogP contribution in [-0.2, 0) is 6.54 Å². The van der Waals surface area contributed by atoms with Gasteiger partial charge in [0.05, 0.1) is 0 Å². The van der Waals surface area contributed by atoms with Gasteiger partial charge in [-0.3, -0.25) is 14.4 Å². The number of benzene rings is 1. The number of hydrogen-bond donors (Lipinski definition) is 2. The first-order chi connectivity index (χ1) is 13.3. The Hall–Kier alpha value is -2.96. The molecule has 7 heteroatoms. The summed E-state index contributed by atoms with van der Waals surface area (Å²) in [6.07, 6.45) is 3.71. The van der Waals surface area contributed by atoms with Crippen molar-refractivity contribution in [3.63, 3.8) is 0 Å². The molecule has 0 bridgehead atoms. The number of amides is 2. The first-order valence-corrected chi connectivity index (χ1v) is 9.35. The van der Waals surface area contributed by atoms with Gasteiger partial charge in [0.1, 0.15) is 16.9 Å². The Morgan fingerprint density at radius 3 is 2.29 bits per heavy atom. The van der Waals surface area contributed by atoms with E-state index in [2.05, 4.69) is 10.6 Å². The molecule has 0 fully saturated rings. The summed E-state index contributed by atoms with van der Waals surface area (Å²) in [7, 11) is 0. The van der Waals surface area contributed by atoms with E-state index < -0.39 is 23.1 Å². The molecule has 0 unspecified atom stereocenters. The lowest BCUT2D eigenvalue weighted by atomic mass is 10.1. The van der Waals surface area contributed by atoms with Crippen LogP contribution in [0.4, 0.5) is 4.39 Å². The minimum Gasteiger partial charge on any atom is -0.352 e. The summed E-state index contributed by atoms with van der Waals surface area (Å²) in [4.78, 5) is 37.7. The molecule has 2 aromatic rings. The highest BCUT2D eigenvalue weighted by Gasteiger charge is 2.20. The molecule has 1 aromatic carbocycles. The van der Waals surface area contributed by atoms with Gasteiger partial charge in [-0.25, -0.2) is 4.39 Å². The Bertz CT molecular complexity index is 937. The number of nitrogens with one attached hydrogen (secondary N) is 2. The highest BCUT2D eigenvalue weighted by molar-refractivity contribution is 5.99. The normalized spacial score (nSPS) is 11.8. The van der Waals surface area contributed by atoms with Crippen LogP contribution in [0.15, 0.2) is 35.4 Å². The van der Waals surface area contributed by atoms with Crippen molar-refractivity contribution in [3.8, 4) is 0 Å². The molecule has 1 heterocycles. The number of nitrogens with zero attached hydrogens (tertiary/aromatic N) is 1. The third kappa shape index (κ3) is 4.85. The second-order valence-corrected chi connectivity index (χ2v) is 6.73. The molecule has 28 heavy (non-hydrogen) atoms. The molecule has 0 aliphatic carbocycles. The van der Waals surface area contributed by atoms with E-state index in [0.29, 0.717) is 12.1 Å². The number of hydrogen-bond acceptors (Lipinski definition) is 3. The van der Waals surface area contributed by atoms with Crippen molar-refractivity contribution in [2.24, 2.45) is 0 Å². The maximum Gasteiger partial charge on any atom is 0.257 e. The van der Waals surface area contributed by atoms with E-state index >= 15 is 0 Å². The highest BCUT2D eigenvalue weighted by Crippen LogP contribution is 2.13. The largest absolute Gasteiger partial charge is 0.352 e. The molecule has 0 saturated carbocycles. The average molecular weight is 387 g/mol. The van der Waals surface area contributed by atoms with Crippen LogP contribution in [0.1, 0.15) is 65.1 Å². The monoisotopic (exact) mass is 387 g/mol. The number of carbonyl (C=O) groups is 2. The molecule has 2 amide bonds. The van der Waals surface area contributed by atoms with Crippen LogP contribution in [0.2, 0.25) is 0 Å². The zero-order chi connectivity index (χ0) is 20.8. The van der Waals surface area contributed by atoms with E-state index in [-0.39, 0.29) is 23.7 Å². The molecule has 6 nitrogen and oxygen atoms in total. The van der Waals surface area contributed by atoms with Crippen molar-refractivity contribution in [1.29, 1.82) is 0 Å². The van der Waals surface area contributed by atoms with Crippen LogP contribution >= 0.6 is 0 Å². The molecule has 2 rings (SSSR count). The Morgan fingerprint density at radius 2 is 1.71 bits per heavy atom. The smallest absolute Gasteiger partial charge is 0.257 e. The van der Waals surface area contributed by atoms with Gasteiger partial charge in [0.2, 0.25) is 5.43 Å². The molecule has 0 aliphatic rings. The van der Waals surface area contributed by atoms with E-state index in [9.17, 15) is 18.8 Å². The minimum absolute atomic E-state index is 0.00536. The van der Waals surface area contributed by atoms with Gasteiger partial charge in [-0.15, -0.1) is 0 Å². The number of pyridine rings is 1. The fourth-order valence-corrected chi connectivity index (χ4v) is 2.74. The first kappa shape index (κ1) is 21.3. The zero-order valence-corrected chi connectivity index (χ0v) is 16.6. The quantitative estimate of drug-likeness (QED) is 0.767. The number of rotatable bonds is 7. The summed E-state index contributed by atoms with van der Waals surface area (Å²) < 4.78 is 15.1. The van der Waals surface area contributed by atoms with E-state index in [1.54, 1.807) is 17.6 Å². The lowest BCUT2D eigenvalue weighted by Gasteiger charge is -2.17. The van der Waals surface area contributed by atoms with Gasteiger partial charge in [-0.05, 0) is 50.5 Å². The second kappa shape index (κ2) is 9.30. The van der Waals surface area contributed by atoms with E-state index in [1.807, 2.05) is 20.8 Å². The van der Waals surface area contributed by atoms with Gasteiger partial charge in [-0.1, -0.05) is 13.0 Å². The molecular formula is C21H26FN3O3. The lowest BCUT2D eigenvalue weighted by Crippen LogP contribution is -2.35. The van der Waals surface area contributed by atoms with E-state index in [0.717, 1.165) is 12.0 Å². The molecule has 1 atom stereocenters. The third-order valence-corrected chi connectivity index (χ3v) is 4.72. The Labute approximate surface area is 163 Å². The molecular weight excluding hydrogens is 361 g/mol. The fraction of sp³-hybridized carbons (Fsp3) is 0.381. The Morgan fingerprint density at radius 1 is 1.11 bits per heavy atom. The first-order valence-electron chi connectivity index (χ1n) is 9.35. The molecule has 0 saturated heterocycles. The van der Waals surface area contributed by atoms with E-state index in [1.165, 1.54) is 24.5 Å². The molecule has 150 valence electrons. The summed E-state index contributed by atoms with van der Waals surface area (Å²) in [6.45, 7) is 7.92. The predicted molar refractivity (Wildman–Crippen MR) is 106 cm³/mol. The molecule has 1 aromatic heterocycles. The number of aromatic nitrogens is 1. The van der Waals surface area contributed by atoms with Gasteiger partial charge < -0.3 is 15.2 Å². The molecule has 0 aliphatic heterocycles. The Balaban J connectivity index is 2.37. The Kier molecular flexibility index (Phi) is 7.09. The molecule has 0 spiro atoms. The van der Waals surface area contributed by atoms with Crippen molar-refractivity contribution in [2.45, 2.75) is 46.7 Å². The van der Waals surface area contributed by atoms with Gasteiger partial charge >= 0.3 is 0 Å². The number of aryl methyl sites for hydroxylation is 1. The van der Waals surface area contributed by atoms with Gasteiger partial charge in [0, 0.05) is 31.5 Å². The standard InChI is InChI=1S/C21H26FN3O3/c1-5-14(4)25-11-17(20(27)23-6-2)19(26)18(12-25)21(28)24-10-15-9-16(22)8-7-13(15)3/h7-9,11-12,14H,5-6,10H2,1-4H3,(H,23,27)(H,24,28)/t14-/m0/s1. The van der Waals surface area contributed by atoms with Crippen LogP contribution < -0.4 is 16.1 Å². The topological polar surface area (TPSA) is 80.2 Å². The van der Waals surface area contributed by atoms with Crippen LogP contribution in [0, 0.1) is 12.7 Å². The van der Waals surface area contributed by atoms with Crippen LogP contribution in [0.3, 0.4) is 0 Å². The zero-order valence-electron chi connectivity index (χ0n) is 16.6. The second-order valence-electron chi connectivity index (χ2n) is 6.73. The fourth-order valence-electron chi connectivity index (χ4n) is 2.74. The van der Waals surface area contributed by atoms with Crippen molar-refractivity contribution < 1.29 is 14.0 Å². The van der Waals surface area contributed by atoms with Crippen LogP contribution in [0.5, 0.6) is 0 Å². The van der Waals surface area contributed by atoms with E-state index in [4.69, 9.17) is 0 Å². The molecule has 0 radical (unpaired) electrons. The summed E-state index contributed by atoms with van der Waals surface area (Å²) in [5.74, 6) is -1.51. The van der Waals surface area contributed by atoms with Gasteiger partial charge in [0.25, 0.3) is 11.8 Å². The average Bonchev–Trinajstić information content (AvgIpc) is 2.68. The van der Waals surface area contributed by atoms with Crippen molar-refractivity contribution in [1.82, 2.24) is 15.2 Å². The summed E-state index contributed by atoms with van der Waals surface area (Å²) in [5, 5.41) is 5.25. The highest BCUT2D eigenvalue weighted by atomic mass is 19.1. The lowest BCUT2D eigenvalue weighted by molar-refractivity contribution is 0.0948. The van der Waals surface area contributed by atoms with Gasteiger partial charge in [0.15, 0.2) is 0 Å². The summed E-state index contributed by atoms with van der Waals surface area (Å²) in [6, 6.07) is 4.33. The van der Waals surface area contributed by atoms with Crippen molar-refractivity contribution in [2.75, 3.05) is 6.54 Å². The maximum atomic E-state index is 13.4. The maximum absolute atomic E-state index is 13.4. The van der Waals surface area contributed by atoms with Crippen molar-refractivity contribution in [3.05, 3.63) is 68.9 Å². The third-order valence-electron chi connectivity index (χ3n) is 4.72. The SMILES string of the molecule is CCNC(=O)c1cn([C@@H](C)CC)cc(C(=O)NCc2cc(F)ccc2C)c1=O. The van der Waals surface area contributed by atoms with Gasteiger partial charge in [-0.2, -0.15) is 0 Å². The van der Waals surface area contributed by atoms with Crippen LogP contribution in [0.25, 0.3) is 0 Å². The minimum atomic E-state index is -0.626. The van der Waals surface area contributed by atoms with Crippen molar-refractivity contribution >= 4 is 11.8 Å². The number of halogens is 1. The molecule has 2 N–H and O–H groups in total. The number of carbonyl (C=O) groups excluding carboxylic acids is 2.